The number of nitrogens with zero attached hydrogens (tertiary/aromatic N) is 3. The molecule has 4 N–H and O–H groups in total. The number of fused-ring (bicyclic) bond motifs is 1. The van der Waals surface area contributed by atoms with E-state index in [2.05, 4.69) is 5.32 Å². The SMILES string of the molecule is CC(C)CN(C[C@H](O)[C@H](Cc1ccccc1)NC(=O)[C@H](C(C)C)N1CC(=O)N(Cc2cccc3ccccc23)C1=O)S(=O)(=O)c1ccc(Cl)c(N)c1. The Bertz CT molecular complexity index is 2020. The van der Waals surface area contributed by atoms with Gasteiger partial charge < -0.3 is 21.1 Å². The van der Waals surface area contributed by atoms with Crippen molar-refractivity contribution in [3.05, 3.63) is 107 Å². The summed E-state index contributed by atoms with van der Waals surface area (Å²) in [6.07, 6.45) is -1.20. The van der Waals surface area contributed by atoms with Crippen LogP contribution in [0.2, 0.25) is 5.02 Å². The second-order valence-corrected chi connectivity index (χ2v) is 16.3. The number of imide groups is 1. The zero-order valence-electron chi connectivity index (χ0n) is 29.8. The summed E-state index contributed by atoms with van der Waals surface area (Å²) in [4.78, 5) is 43.8. The van der Waals surface area contributed by atoms with Crippen molar-refractivity contribution in [3.63, 3.8) is 0 Å². The van der Waals surface area contributed by atoms with E-state index in [4.69, 9.17) is 17.3 Å². The lowest BCUT2D eigenvalue weighted by Gasteiger charge is -2.34. The fourth-order valence-electron chi connectivity index (χ4n) is 6.60. The molecule has 11 nitrogen and oxygen atoms in total. The molecule has 3 atom stereocenters. The van der Waals surface area contributed by atoms with Crippen molar-refractivity contribution in [2.24, 2.45) is 11.8 Å². The molecular weight excluding hydrogens is 702 g/mol. The average molecular weight is 748 g/mol. The number of rotatable bonds is 15. The summed E-state index contributed by atoms with van der Waals surface area (Å²) in [6.45, 7) is 6.80. The first-order valence-electron chi connectivity index (χ1n) is 17.3. The van der Waals surface area contributed by atoms with Gasteiger partial charge in [0, 0.05) is 13.1 Å². The molecular formula is C39H46ClN5O6S. The van der Waals surface area contributed by atoms with E-state index in [9.17, 15) is 27.9 Å². The summed E-state index contributed by atoms with van der Waals surface area (Å²) in [7, 11) is -4.14. The van der Waals surface area contributed by atoms with E-state index in [-0.39, 0.29) is 54.1 Å². The predicted octanol–water partition coefficient (Wildman–Crippen LogP) is 5.30. The predicted molar refractivity (Wildman–Crippen MR) is 203 cm³/mol. The number of aliphatic hydroxyl groups is 1. The van der Waals surface area contributed by atoms with Gasteiger partial charge in [0.1, 0.15) is 12.6 Å². The third kappa shape index (κ3) is 8.75. The minimum absolute atomic E-state index is 0.0523. The Balaban J connectivity index is 1.40. The molecule has 1 saturated heterocycles. The highest BCUT2D eigenvalue weighted by atomic mass is 35.5. The van der Waals surface area contributed by atoms with Gasteiger partial charge in [0.05, 0.1) is 34.3 Å². The molecule has 0 aromatic heterocycles. The Morgan fingerprint density at radius 3 is 2.29 bits per heavy atom. The van der Waals surface area contributed by atoms with Crippen molar-refractivity contribution < 1.29 is 27.9 Å². The monoisotopic (exact) mass is 747 g/mol. The highest BCUT2D eigenvalue weighted by Gasteiger charge is 2.44. The normalized spacial score (nSPS) is 15.6. The van der Waals surface area contributed by atoms with Gasteiger partial charge in [-0.2, -0.15) is 4.31 Å². The molecule has 0 bridgehead atoms. The third-order valence-electron chi connectivity index (χ3n) is 9.18. The lowest BCUT2D eigenvalue weighted by molar-refractivity contribution is -0.129. The fourth-order valence-corrected chi connectivity index (χ4v) is 8.38. The fraction of sp³-hybridized carbons (Fsp3) is 0.359. The number of carbonyl (C=O) groups excluding carboxylic acids is 3. The molecule has 0 spiro atoms. The van der Waals surface area contributed by atoms with E-state index in [1.807, 2.05) is 86.6 Å². The molecule has 0 radical (unpaired) electrons. The maximum atomic E-state index is 14.2. The second-order valence-electron chi connectivity index (χ2n) is 14.0. The van der Waals surface area contributed by atoms with Gasteiger partial charge in [0.25, 0.3) is 5.91 Å². The Kier molecular flexibility index (Phi) is 12.3. The van der Waals surface area contributed by atoms with E-state index in [1.54, 1.807) is 13.8 Å². The number of aliphatic hydroxyl groups excluding tert-OH is 1. The standard InChI is InChI=1S/C39H46ClN5O6S/c1-25(2)21-43(52(50,51)30-17-18-32(40)33(41)20-30)23-35(46)34(19-27-11-6-5-7-12-27)42-38(48)37(26(3)4)45-24-36(47)44(39(45)49)22-29-15-10-14-28-13-8-9-16-31(28)29/h5-18,20,25-26,34-35,37,46H,19,21-24,41H2,1-4H3,(H,42,48)/t34-,35-,37-/m0/s1. The topological polar surface area (TPSA) is 153 Å². The van der Waals surface area contributed by atoms with Gasteiger partial charge in [-0.1, -0.05) is 112 Å². The number of carbonyl (C=O) groups is 3. The van der Waals surface area contributed by atoms with Gasteiger partial charge in [0.2, 0.25) is 15.9 Å². The van der Waals surface area contributed by atoms with E-state index in [0.717, 1.165) is 21.9 Å². The molecule has 52 heavy (non-hydrogen) atoms. The number of halogens is 1. The van der Waals surface area contributed by atoms with E-state index in [1.165, 1.54) is 32.3 Å². The highest BCUT2D eigenvalue weighted by Crippen LogP contribution is 2.27. The molecule has 4 amide bonds. The third-order valence-corrected chi connectivity index (χ3v) is 11.4. The number of benzene rings is 4. The smallest absolute Gasteiger partial charge is 0.328 e. The molecule has 0 unspecified atom stereocenters. The van der Waals surface area contributed by atoms with E-state index in [0.29, 0.717) is 0 Å². The van der Waals surface area contributed by atoms with Crippen LogP contribution in [0.15, 0.2) is 95.9 Å². The minimum Gasteiger partial charge on any atom is -0.397 e. The van der Waals surface area contributed by atoms with Crippen molar-refractivity contribution in [2.75, 3.05) is 25.4 Å². The van der Waals surface area contributed by atoms with Crippen LogP contribution in [0, 0.1) is 11.8 Å². The van der Waals surface area contributed by atoms with Crippen LogP contribution in [0.3, 0.4) is 0 Å². The summed E-state index contributed by atoms with van der Waals surface area (Å²) in [5.41, 5.74) is 7.64. The molecule has 0 aliphatic carbocycles. The number of nitrogens with one attached hydrogen (secondary N) is 1. The number of nitrogen functional groups attached to an aromatic ring is 1. The number of urea groups is 1. The van der Waals surface area contributed by atoms with Crippen molar-refractivity contribution in [2.45, 2.75) is 63.7 Å². The molecule has 1 aliphatic rings. The van der Waals surface area contributed by atoms with Crippen LogP contribution >= 0.6 is 11.6 Å². The number of hydrogen-bond donors (Lipinski definition) is 3. The highest BCUT2D eigenvalue weighted by molar-refractivity contribution is 7.89. The first-order valence-corrected chi connectivity index (χ1v) is 19.1. The van der Waals surface area contributed by atoms with E-state index >= 15 is 0 Å². The summed E-state index contributed by atoms with van der Waals surface area (Å²) >= 11 is 6.06. The van der Waals surface area contributed by atoms with Crippen LogP contribution < -0.4 is 11.1 Å². The summed E-state index contributed by atoms with van der Waals surface area (Å²) in [5.74, 6) is -1.49. The summed E-state index contributed by atoms with van der Waals surface area (Å²) in [6, 6.07) is 24.1. The van der Waals surface area contributed by atoms with Crippen LogP contribution in [0.1, 0.15) is 38.8 Å². The van der Waals surface area contributed by atoms with Gasteiger partial charge in [0.15, 0.2) is 0 Å². The first kappa shape index (κ1) is 38.7. The molecule has 4 aromatic rings. The Labute approximate surface area is 310 Å². The number of anilines is 1. The Morgan fingerprint density at radius 1 is 0.942 bits per heavy atom. The van der Waals surface area contributed by atoms with Crippen molar-refractivity contribution in [1.82, 2.24) is 19.4 Å². The number of hydrogen-bond acceptors (Lipinski definition) is 7. The minimum atomic E-state index is -4.14. The van der Waals surface area contributed by atoms with Gasteiger partial charge in [-0.15, -0.1) is 0 Å². The van der Waals surface area contributed by atoms with Crippen LogP contribution in [0.25, 0.3) is 10.8 Å². The number of sulfonamides is 1. The zero-order chi connectivity index (χ0) is 37.7. The van der Waals surface area contributed by atoms with Gasteiger partial charge >= 0.3 is 6.03 Å². The number of amides is 4. The molecule has 1 aliphatic heterocycles. The molecule has 1 fully saturated rings. The van der Waals surface area contributed by atoms with Crippen molar-refractivity contribution in [1.29, 1.82) is 0 Å². The Morgan fingerprint density at radius 2 is 1.62 bits per heavy atom. The second kappa shape index (κ2) is 16.5. The number of nitrogens with two attached hydrogens (primary N) is 1. The van der Waals surface area contributed by atoms with Crippen LogP contribution in [0.5, 0.6) is 0 Å². The van der Waals surface area contributed by atoms with Gasteiger partial charge in [-0.3, -0.25) is 14.5 Å². The first-order chi connectivity index (χ1) is 24.7. The quantitative estimate of drug-likeness (QED) is 0.110. The average Bonchev–Trinajstić information content (AvgIpc) is 3.36. The molecule has 276 valence electrons. The maximum Gasteiger partial charge on any atom is 0.328 e. The van der Waals surface area contributed by atoms with Gasteiger partial charge in [-0.25, -0.2) is 13.2 Å². The molecule has 4 aromatic carbocycles. The summed E-state index contributed by atoms with van der Waals surface area (Å²) < 4.78 is 29.0. The van der Waals surface area contributed by atoms with Crippen LogP contribution in [-0.2, 0) is 32.6 Å². The van der Waals surface area contributed by atoms with Crippen LogP contribution in [0.4, 0.5) is 10.5 Å². The maximum absolute atomic E-state index is 14.2. The lowest BCUT2D eigenvalue weighted by atomic mass is 9.97. The summed E-state index contributed by atoms with van der Waals surface area (Å²) in [5, 5.41) is 16.8. The zero-order valence-corrected chi connectivity index (χ0v) is 31.3. The molecule has 1 heterocycles. The lowest BCUT2D eigenvalue weighted by Crippen LogP contribution is -2.57. The van der Waals surface area contributed by atoms with Crippen molar-refractivity contribution >= 4 is 55.9 Å². The van der Waals surface area contributed by atoms with E-state index < -0.39 is 52.0 Å². The molecule has 13 heteroatoms. The van der Waals surface area contributed by atoms with Crippen LogP contribution in [-0.4, -0.2) is 83.3 Å². The van der Waals surface area contributed by atoms with Crippen molar-refractivity contribution in [3.8, 4) is 0 Å². The molecule has 0 saturated carbocycles. The van der Waals surface area contributed by atoms with Gasteiger partial charge in [-0.05, 0) is 58.4 Å². The largest absolute Gasteiger partial charge is 0.397 e. The Hall–Kier alpha value is -4.49. The molecule has 5 rings (SSSR count).